The van der Waals surface area contributed by atoms with Crippen LogP contribution in [0.3, 0.4) is 0 Å². The normalized spacial score (nSPS) is 15.2. The van der Waals surface area contributed by atoms with Gasteiger partial charge < -0.3 is 10.4 Å². The van der Waals surface area contributed by atoms with Crippen molar-refractivity contribution in [2.75, 3.05) is 13.6 Å². The molecule has 1 aromatic rings. The minimum Gasteiger partial charge on any atom is -0.384 e. The molecule has 2 N–H and O–H groups in total. The van der Waals surface area contributed by atoms with E-state index in [1.165, 1.54) is 12.1 Å². The fourth-order valence-corrected chi connectivity index (χ4v) is 1.61. The van der Waals surface area contributed by atoms with Crippen molar-refractivity contribution in [3.05, 3.63) is 35.1 Å². The highest BCUT2D eigenvalue weighted by Gasteiger charge is 2.24. The molecule has 0 heterocycles. The van der Waals surface area contributed by atoms with Crippen molar-refractivity contribution in [3.63, 3.8) is 0 Å². The number of hydrogen-bond donors (Lipinski definition) is 2. The molecule has 2 nitrogen and oxygen atoms in total. The van der Waals surface area contributed by atoms with Gasteiger partial charge in [-0.1, -0.05) is 6.07 Å². The van der Waals surface area contributed by atoms with Crippen LogP contribution in [0.5, 0.6) is 0 Å². The Morgan fingerprint density at radius 1 is 1.50 bits per heavy atom. The average Bonchev–Trinajstić information content (AvgIpc) is 2.09. The van der Waals surface area contributed by atoms with Gasteiger partial charge in [0.15, 0.2) is 0 Å². The Morgan fingerprint density at radius 2 is 2.14 bits per heavy atom. The van der Waals surface area contributed by atoms with Gasteiger partial charge in [-0.05, 0) is 44.2 Å². The zero-order chi connectivity index (χ0) is 10.8. The molecule has 3 heteroatoms. The van der Waals surface area contributed by atoms with Crippen molar-refractivity contribution in [1.29, 1.82) is 0 Å². The lowest BCUT2D eigenvalue weighted by Crippen LogP contribution is -2.34. The molecule has 0 aliphatic rings. The second kappa shape index (κ2) is 4.07. The zero-order valence-electron chi connectivity index (χ0n) is 8.76. The van der Waals surface area contributed by atoms with Crippen molar-refractivity contribution < 1.29 is 9.50 Å². The third kappa shape index (κ3) is 2.30. The first-order valence-corrected chi connectivity index (χ1v) is 4.61. The average molecular weight is 197 g/mol. The molecule has 0 amide bonds. The van der Waals surface area contributed by atoms with Gasteiger partial charge in [-0.3, -0.25) is 0 Å². The molecule has 0 saturated heterocycles. The first-order chi connectivity index (χ1) is 6.47. The Bertz CT molecular complexity index is 323. The fourth-order valence-electron chi connectivity index (χ4n) is 1.61. The fraction of sp³-hybridized carbons (Fsp3) is 0.455. The highest BCUT2D eigenvalue weighted by molar-refractivity contribution is 5.31. The molecule has 1 atom stereocenters. The van der Waals surface area contributed by atoms with Crippen LogP contribution in [0.1, 0.15) is 18.1 Å². The predicted molar refractivity (Wildman–Crippen MR) is 54.6 cm³/mol. The molecule has 0 fully saturated rings. The summed E-state index contributed by atoms with van der Waals surface area (Å²) in [5.41, 5.74) is 0.500. The number of aryl methyl sites for hydroxylation is 1. The van der Waals surface area contributed by atoms with E-state index in [9.17, 15) is 9.50 Å². The summed E-state index contributed by atoms with van der Waals surface area (Å²) < 4.78 is 13.0. The summed E-state index contributed by atoms with van der Waals surface area (Å²) in [5.74, 6) is -0.318. The van der Waals surface area contributed by atoms with E-state index in [-0.39, 0.29) is 5.82 Å². The van der Waals surface area contributed by atoms with E-state index in [0.717, 1.165) is 5.56 Å². The van der Waals surface area contributed by atoms with E-state index < -0.39 is 5.60 Å². The van der Waals surface area contributed by atoms with Crippen molar-refractivity contribution in [1.82, 2.24) is 5.32 Å². The highest BCUT2D eigenvalue weighted by atomic mass is 19.1. The van der Waals surface area contributed by atoms with Crippen LogP contribution in [-0.2, 0) is 5.60 Å². The van der Waals surface area contributed by atoms with Gasteiger partial charge >= 0.3 is 0 Å². The molecule has 0 bridgehead atoms. The summed E-state index contributed by atoms with van der Waals surface area (Å²) in [7, 11) is 1.75. The van der Waals surface area contributed by atoms with Crippen LogP contribution in [0.2, 0.25) is 0 Å². The summed E-state index contributed by atoms with van der Waals surface area (Å²) in [6, 6.07) is 4.45. The number of benzene rings is 1. The maximum absolute atomic E-state index is 13.0. The van der Waals surface area contributed by atoms with Gasteiger partial charge in [0.25, 0.3) is 0 Å². The van der Waals surface area contributed by atoms with E-state index in [4.69, 9.17) is 0 Å². The molecule has 0 aliphatic heterocycles. The van der Waals surface area contributed by atoms with Gasteiger partial charge in [-0.2, -0.15) is 0 Å². The number of halogens is 1. The van der Waals surface area contributed by atoms with Crippen LogP contribution >= 0.6 is 0 Å². The first kappa shape index (κ1) is 11.1. The van der Waals surface area contributed by atoms with Crippen LogP contribution in [0.4, 0.5) is 4.39 Å². The molecule has 1 unspecified atom stereocenters. The first-order valence-electron chi connectivity index (χ1n) is 4.61. The lowest BCUT2D eigenvalue weighted by atomic mass is 9.92. The highest BCUT2D eigenvalue weighted by Crippen LogP contribution is 2.23. The van der Waals surface area contributed by atoms with E-state index in [1.807, 2.05) is 6.92 Å². The molecule has 1 aromatic carbocycles. The minimum atomic E-state index is -1.03. The molecule has 0 spiro atoms. The van der Waals surface area contributed by atoms with E-state index in [1.54, 1.807) is 20.0 Å². The Balaban J connectivity index is 3.10. The van der Waals surface area contributed by atoms with E-state index in [0.29, 0.717) is 12.1 Å². The van der Waals surface area contributed by atoms with E-state index >= 15 is 0 Å². The number of aliphatic hydroxyl groups is 1. The third-order valence-electron chi connectivity index (χ3n) is 2.30. The molecular weight excluding hydrogens is 181 g/mol. The number of nitrogens with one attached hydrogen (secondary N) is 1. The Kier molecular flexibility index (Phi) is 3.24. The van der Waals surface area contributed by atoms with E-state index in [2.05, 4.69) is 5.32 Å². The minimum absolute atomic E-state index is 0.318. The maximum atomic E-state index is 13.0. The van der Waals surface area contributed by atoms with Gasteiger partial charge in [0.05, 0.1) is 5.60 Å². The number of likely N-dealkylation sites (N-methyl/N-ethyl adjacent to an activating group) is 1. The molecule has 1 rings (SSSR count). The smallest absolute Gasteiger partial charge is 0.123 e. The topological polar surface area (TPSA) is 32.3 Å². The van der Waals surface area contributed by atoms with Crippen molar-refractivity contribution in [2.24, 2.45) is 0 Å². The number of rotatable bonds is 3. The van der Waals surface area contributed by atoms with Gasteiger partial charge in [-0.15, -0.1) is 0 Å². The lowest BCUT2D eigenvalue weighted by molar-refractivity contribution is 0.0582. The maximum Gasteiger partial charge on any atom is 0.123 e. The van der Waals surface area contributed by atoms with Gasteiger partial charge in [0.2, 0.25) is 0 Å². The molecule has 0 radical (unpaired) electrons. The van der Waals surface area contributed by atoms with Crippen LogP contribution in [0.25, 0.3) is 0 Å². The molecule has 14 heavy (non-hydrogen) atoms. The molecule has 78 valence electrons. The molecule has 0 aliphatic carbocycles. The molecule has 0 aromatic heterocycles. The summed E-state index contributed by atoms with van der Waals surface area (Å²) in [5, 5.41) is 12.9. The Hall–Kier alpha value is -0.930. The SMILES string of the molecule is CNCC(C)(O)c1cc(F)ccc1C. The quantitative estimate of drug-likeness (QED) is 0.770. The van der Waals surface area contributed by atoms with Crippen molar-refractivity contribution in [3.8, 4) is 0 Å². The predicted octanol–water partition coefficient (Wildman–Crippen LogP) is 1.56. The summed E-state index contributed by atoms with van der Waals surface area (Å²) in [6.45, 7) is 3.93. The van der Waals surface area contributed by atoms with Gasteiger partial charge in [0, 0.05) is 6.54 Å². The molecular formula is C11H16FNO. The van der Waals surface area contributed by atoms with Crippen molar-refractivity contribution in [2.45, 2.75) is 19.4 Å². The van der Waals surface area contributed by atoms with Crippen LogP contribution in [-0.4, -0.2) is 18.7 Å². The summed E-state index contributed by atoms with van der Waals surface area (Å²) in [6.07, 6.45) is 0. The van der Waals surface area contributed by atoms with Crippen LogP contribution < -0.4 is 5.32 Å². The second-order valence-electron chi connectivity index (χ2n) is 3.76. The monoisotopic (exact) mass is 197 g/mol. The Morgan fingerprint density at radius 3 is 2.71 bits per heavy atom. The largest absolute Gasteiger partial charge is 0.384 e. The van der Waals surface area contributed by atoms with Crippen molar-refractivity contribution >= 4 is 0 Å². The standard InChI is InChI=1S/C11H16FNO/c1-8-4-5-9(12)6-10(8)11(2,14)7-13-3/h4-6,13-14H,7H2,1-3H3. The molecule has 0 saturated carbocycles. The number of hydrogen-bond acceptors (Lipinski definition) is 2. The summed E-state index contributed by atoms with van der Waals surface area (Å²) >= 11 is 0. The van der Waals surface area contributed by atoms with Gasteiger partial charge in [-0.25, -0.2) is 4.39 Å². The third-order valence-corrected chi connectivity index (χ3v) is 2.30. The lowest BCUT2D eigenvalue weighted by Gasteiger charge is -2.25. The van der Waals surface area contributed by atoms with Crippen LogP contribution in [0.15, 0.2) is 18.2 Å². The van der Waals surface area contributed by atoms with Crippen LogP contribution in [0, 0.1) is 12.7 Å². The second-order valence-corrected chi connectivity index (χ2v) is 3.76. The Labute approximate surface area is 83.8 Å². The van der Waals surface area contributed by atoms with Gasteiger partial charge in [0.1, 0.15) is 5.82 Å². The zero-order valence-corrected chi connectivity index (χ0v) is 8.76. The summed E-state index contributed by atoms with van der Waals surface area (Å²) in [4.78, 5) is 0.